The molecule has 4 nitrogen and oxygen atoms in total. The highest BCUT2D eigenvalue weighted by Gasteiger charge is 2.25. The summed E-state index contributed by atoms with van der Waals surface area (Å²) < 4.78 is 0. The van der Waals surface area contributed by atoms with Crippen LogP contribution in [0.25, 0.3) is 0 Å². The van der Waals surface area contributed by atoms with Gasteiger partial charge in [-0.05, 0) is 32.4 Å². The summed E-state index contributed by atoms with van der Waals surface area (Å²) in [5, 5.41) is 12.3. The second-order valence-electron chi connectivity index (χ2n) is 5.74. The fraction of sp³-hybridized carbons (Fsp3) is 0.929. The zero-order valence-electron chi connectivity index (χ0n) is 11.2. The van der Waals surface area contributed by atoms with Gasteiger partial charge < -0.3 is 10.4 Å². The summed E-state index contributed by atoms with van der Waals surface area (Å²) >= 11 is 0. The van der Waals surface area contributed by atoms with Crippen LogP contribution in [-0.4, -0.2) is 47.7 Å². The fourth-order valence-electron chi connectivity index (χ4n) is 3.33. The van der Waals surface area contributed by atoms with Crippen LogP contribution in [0, 0.1) is 0 Å². The van der Waals surface area contributed by atoms with Crippen molar-refractivity contribution in [3.8, 4) is 0 Å². The van der Waals surface area contributed by atoms with Gasteiger partial charge in [0.05, 0.1) is 6.42 Å². The topological polar surface area (TPSA) is 52.6 Å². The van der Waals surface area contributed by atoms with Gasteiger partial charge >= 0.3 is 5.97 Å². The Morgan fingerprint density at radius 3 is 2.56 bits per heavy atom. The lowest BCUT2D eigenvalue weighted by atomic mass is 10.1. The van der Waals surface area contributed by atoms with Gasteiger partial charge in [-0.2, -0.15) is 0 Å². The number of aliphatic carboxylic acids is 1. The van der Waals surface area contributed by atoms with E-state index in [1.807, 2.05) is 0 Å². The highest BCUT2D eigenvalue weighted by atomic mass is 16.4. The summed E-state index contributed by atoms with van der Waals surface area (Å²) in [5.41, 5.74) is 0. The summed E-state index contributed by atoms with van der Waals surface area (Å²) in [6, 6.07) is 0.831. The van der Waals surface area contributed by atoms with E-state index in [-0.39, 0.29) is 12.5 Å². The summed E-state index contributed by atoms with van der Waals surface area (Å²) in [6.07, 6.45) is 9.45. The Labute approximate surface area is 110 Å². The van der Waals surface area contributed by atoms with Crippen molar-refractivity contribution in [1.29, 1.82) is 0 Å². The van der Waals surface area contributed by atoms with Crippen LogP contribution in [0.1, 0.15) is 51.4 Å². The molecule has 2 N–H and O–H groups in total. The van der Waals surface area contributed by atoms with Crippen LogP contribution in [0.4, 0.5) is 0 Å². The van der Waals surface area contributed by atoms with Gasteiger partial charge in [-0.1, -0.05) is 25.7 Å². The third-order valence-electron chi connectivity index (χ3n) is 4.27. The normalized spacial score (nSPS) is 28.6. The van der Waals surface area contributed by atoms with E-state index < -0.39 is 5.97 Å². The van der Waals surface area contributed by atoms with E-state index in [1.54, 1.807) is 0 Å². The van der Waals surface area contributed by atoms with Crippen LogP contribution >= 0.6 is 0 Å². The van der Waals surface area contributed by atoms with Gasteiger partial charge in [0.2, 0.25) is 0 Å². The molecule has 0 bridgehead atoms. The molecular weight excluding hydrogens is 228 g/mol. The Bertz CT molecular complexity index is 263. The van der Waals surface area contributed by atoms with E-state index in [9.17, 15) is 4.79 Å². The molecular formula is C14H26N2O2. The van der Waals surface area contributed by atoms with Gasteiger partial charge in [0.15, 0.2) is 0 Å². The van der Waals surface area contributed by atoms with Crippen molar-refractivity contribution in [1.82, 2.24) is 10.2 Å². The monoisotopic (exact) mass is 254 g/mol. The molecule has 2 fully saturated rings. The molecule has 1 aliphatic heterocycles. The lowest BCUT2D eigenvalue weighted by molar-refractivity contribution is -0.137. The average molecular weight is 254 g/mol. The van der Waals surface area contributed by atoms with Crippen LogP contribution in [0.3, 0.4) is 0 Å². The predicted octanol–water partition coefficient (Wildman–Crippen LogP) is 1.85. The van der Waals surface area contributed by atoms with E-state index in [0.29, 0.717) is 6.04 Å². The first-order valence-corrected chi connectivity index (χ1v) is 7.45. The molecule has 1 saturated heterocycles. The van der Waals surface area contributed by atoms with Crippen LogP contribution < -0.4 is 5.32 Å². The van der Waals surface area contributed by atoms with Gasteiger partial charge in [0.25, 0.3) is 0 Å². The lowest BCUT2D eigenvalue weighted by Crippen LogP contribution is -2.43. The number of nitrogens with one attached hydrogen (secondary N) is 1. The highest BCUT2D eigenvalue weighted by Crippen LogP contribution is 2.23. The molecule has 0 spiro atoms. The van der Waals surface area contributed by atoms with E-state index in [4.69, 9.17) is 5.11 Å². The predicted molar refractivity (Wildman–Crippen MR) is 71.7 cm³/mol. The van der Waals surface area contributed by atoms with Crippen molar-refractivity contribution in [3.63, 3.8) is 0 Å². The Hall–Kier alpha value is -0.610. The molecule has 18 heavy (non-hydrogen) atoms. The lowest BCUT2D eigenvalue weighted by Gasteiger charge is -2.31. The molecule has 1 saturated carbocycles. The van der Waals surface area contributed by atoms with Crippen LogP contribution in [0.2, 0.25) is 0 Å². The number of carboxylic acids is 1. The van der Waals surface area contributed by atoms with E-state index in [0.717, 1.165) is 26.1 Å². The summed E-state index contributed by atoms with van der Waals surface area (Å²) in [6.45, 7) is 3.01. The standard InChI is InChI=1S/C14H26N2O2/c17-14(18)10-12-11-16(9-5-8-15-12)13-6-3-1-2-4-7-13/h12-13,15H,1-11H2,(H,17,18). The molecule has 104 valence electrons. The van der Waals surface area contributed by atoms with Crippen molar-refractivity contribution >= 4 is 5.97 Å². The summed E-state index contributed by atoms with van der Waals surface area (Å²) in [4.78, 5) is 13.4. The van der Waals surface area contributed by atoms with Gasteiger partial charge in [-0.25, -0.2) is 0 Å². The summed E-state index contributed by atoms with van der Waals surface area (Å²) in [5.74, 6) is -0.685. The quantitative estimate of drug-likeness (QED) is 0.755. The molecule has 0 aromatic heterocycles. The highest BCUT2D eigenvalue weighted by molar-refractivity contribution is 5.67. The van der Waals surface area contributed by atoms with E-state index in [2.05, 4.69) is 10.2 Å². The molecule has 4 heteroatoms. The maximum atomic E-state index is 10.9. The van der Waals surface area contributed by atoms with Gasteiger partial charge in [-0.3, -0.25) is 9.69 Å². The van der Waals surface area contributed by atoms with E-state index >= 15 is 0 Å². The van der Waals surface area contributed by atoms with Crippen LogP contribution in [-0.2, 0) is 4.79 Å². The van der Waals surface area contributed by atoms with Crippen molar-refractivity contribution in [3.05, 3.63) is 0 Å². The average Bonchev–Trinajstić information content (AvgIpc) is 2.70. The fourth-order valence-corrected chi connectivity index (χ4v) is 3.33. The number of nitrogens with zero attached hydrogens (tertiary/aromatic N) is 1. The molecule has 0 aromatic carbocycles. The van der Waals surface area contributed by atoms with Crippen molar-refractivity contribution in [2.24, 2.45) is 0 Å². The molecule has 1 aliphatic carbocycles. The Morgan fingerprint density at radius 2 is 1.89 bits per heavy atom. The molecule has 1 unspecified atom stereocenters. The smallest absolute Gasteiger partial charge is 0.304 e. The number of carboxylic acid groups (broad SMARTS) is 1. The second kappa shape index (κ2) is 7.10. The third-order valence-corrected chi connectivity index (χ3v) is 4.27. The van der Waals surface area contributed by atoms with Gasteiger partial charge in [0, 0.05) is 18.6 Å². The van der Waals surface area contributed by atoms with Gasteiger partial charge in [0.1, 0.15) is 0 Å². The minimum absolute atomic E-state index is 0.133. The number of carbonyl (C=O) groups is 1. The first-order valence-electron chi connectivity index (χ1n) is 7.45. The zero-order valence-corrected chi connectivity index (χ0v) is 11.2. The molecule has 1 atom stereocenters. The third kappa shape index (κ3) is 4.25. The second-order valence-corrected chi connectivity index (χ2v) is 5.74. The Morgan fingerprint density at radius 1 is 1.17 bits per heavy atom. The SMILES string of the molecule is O=C(O)CC1CN(C2CCCCCC2)CCCN1. The Kier molecular flexibility index (Phi) is 5.45. The molecule has 2 aliphatic rings. The minimum Gasteiger partial charge on any atom is -0.481 e. The van der Waals surface area contributed by atoms with Crippen LogP contribution in [0.15, 0.2) is 0 Å². The number of hydrogen-bond acceptors (Lipinski definition) is 3. The zero-order chi connectivity index (χ0) is 12.8. The number of hydrogen-bond donors (Lipinski definition) is 2. The summed E-state index contributed by atoms with van der Waals surface area (Å²) in [7, 11) is 0. The largest absolute Gasteiger partial charge is 0.481 e. The maximum Gasteiger partial charge on any atom is 0.304 e. The molecule has 0 amide bonds. The first kappa shape index (κ1) is 13.8. The van der Waals surface area contributed by atoms with E-state index in [1.165, 1.54) is 38.5 Å². The minimum atomic E-state index is -0.685. The molecule has 0 aromatic rings. The van der Waals surface area contributed by atoms with Crippen molar-refractivity contribution < 1.29 is 9.90 Å². The maximum absolute atomic E-state index is 10.9. The van der Waals surface area contributed by atoms with Crippen LogP contribution in [0.5, 0.6) is 0 Å². The molecule has 1 heterocycles. The Balaban J connectivity index is 1.90. The van der Waals surface area contributed by atoms with Gasteiger partial charge in [-0.15, -0.1) is 0 Å². The van der Waals surface area contributed by atoms with Crippen molar-refractivity contribution in [2.45, 2.75) is 63.5 Å². The number of rotatable bonds is 3. The molecule has 2 rings (SSSR count). The molecule has 0 radical (unpaired) electrons. The van der Waals surface area contributed by atoms with Crippen molar-refractivity contribution in [2.75, 3.05) is 19.6 Å². The first-order chi connectivity index (χ1) is 8.75.